The van der Waals surface area contributed by atoms with Crippen LogP contribution in [0, 0.1) is 12.7 Å². The van der Waals surface area contributed by atoms with Crippen LogP contribution < -0.4 is 11.1 Å². The van der Waals surface area contributed by atoms with Gasteiger partial charge >= 0.3 is 12.2 Å². The molecule has 1 unspecified atom stereocenters. The summed E-state index contributed by atoms with van der Waals surface area (Å²) in [5.41, 5.74) is 6.41. The van der Waals surface area contributed by atoms with E-state index in [1.54, 1.807) is 36.4 Å². The molecule has 3 aromatic carbocycles. The van der Waals surface area contributed by atoms with Crippen LogP contribution in [0.2, 0.25) is 0 Å². The number of rotatable bonds is 7. The summed E-state index contributed by atoms with van der Waals surface area (Å²) in [6, 6.07) is 17.5. The van der Waals surface area contributed by atoms with Gasteiger partial charge in [-0.05, 0) is 56.1 Å². The lowest BCUT2D eigenvalue weighted by Crippen LogP contribution is -2.64. The molecule has 0 aromatic heterocycles. The maximum absolute atomic E-state index is 15.6. The zero-order valence-electron chi connectivity index (χ0n) is 24.9. The highest BCUT2D eigenvalue weighted by atomic mass is 19.4. The van der Waals surface area contributed by atoms with E-state index in [1.807, 2.05) is 25.1 Å². The number of carbonyl (C=O) groups is 2. The van der Waals surface area contributed by atoms with Crippen molar-refractivity contribution >= 4 is 11.9 Å². The van der Waals surface area contributed by atoms with Crippen LogP contribution in [0.4, 0.5) is 22.4 Å². The smallest absolute Gasteiger partial charge is 0.359 e. The average Bonchev–Trinajstić information content (AvgIpc) is 3.39. The quantitative estimate of drug-likeness (QED) is 0.259. The number of amides is 3. The number of nitrogens with two attached hydrogens (primary N) is 1. The molecule has 236 valence electrons. The maximum atomic E-state index is 15.6. The molecule has 1 saturated heterocycles. The van der Waals surface area contributed by atoms with E-state index in [0.29, 0.717) is 37.1 Å². The first-order valence-electron chi connectivity index (χ1n) is 15.0. The fraction of sp³-hybridized carbons (Fsp3) is 0.353. The van der Waals surface area contributed by atoms with Gasteiger partial charge in [-0.2, -0.15) is 13.2 Å². The molecule has 45 heavy (non-hydrogen) atoms. The summed E-state index contributed by atoms with van der Waals surface area (Å²) in [6.07, 6.45) is -4.02. The van der Waals surface area contributed by atoms with Crippen LogP contribution in [-0.4, -0.2) is 53.2 Å². The van der Waals surface area contributed by atoms with E-state index in [-0.39, 0.29) is 31.0 Å². The average molecular weight is 624 g/mol. The van der Waals surface area contributed by atoms with Crippen molar-refractivity contribution in [3.63, 3.8) is 0 Å². The minimum atomic E-state index is -4.88. The molecule has 7 nitrogen and oxygen atoms in total. The van der Waals surface area contributed by atoms with Gasteiger partial charge in [0, 0.05) is 11.6 Å². The number of fused-ring (bicyclic) bond motifs is 1. The summed E-state index contributed by atoms with van der Waals surface area (Å²) in [5, 5.41) is 3.27. The zero-order valence-corrected chi connectivity index (χ0v) is 24.9. The maximum Gasteiger partial charge on any atom is 0.431 e. The molecule has 3 aromatic rings. The molecule has 0 bridgehead atoms. The van der Waals surface area contributed by atoms with Crippen molar-refractivity contribution < 1.29 is 36.4 Å². The van der Waals surface area contributed by atoms with Gasteiger partial charge in [-0.3, -0.25) is 4.79 Å². The highest BCUT2D eigenvalue weighted by molar-refractivity contribution is 6.06. The Morgan fingerprint density at radius 3 is 2.36 bits per heavy atom. The molecular formula is C34H35F4N4O3+. The number of imide groups is 1. The van der Waals surface area contributed by atoms with E-state index in [1.165, 1.54) is 0 Å². The molecule has 1 fully saturated rings. The Morgan fingerprint density at radius 2 is 1.67 bits per heavy atom. The van der Waals surface area contributed by atoms with Gasteiger partial charge in [0.1, 0.15) is 36.7 Å². The number of benzene rings is 3. The number of quaternary nitrogens is 1. The highest BCUT2D eigenvalue weighted by Gasteiger charge is 2.62. The SMILES string of the molecule is Cc1ccccc1C[N@+]1(Cc2c(F)cccc2C(F)(F)F)C(=O)N(CC(N)c2ccccc2)C(=O)C2=C1COC21CCNCC1. The van der Waals surface area contributed by atoms with Gasteiger partial charge in [0.2, 0.25) is 0 Å². The molecule has 6 rings (SSSR count). The number of urea groups is 1. The lowest BCUT2D eigenvalue weighted by Gasteiger charge is -2.44. The number of hydrogen-bond donors (Lipinski definition) is 2. The normalized spacial score (nSPS) is 22.2. The molecular weight excluding hydrogens is 588 g/mol. The van der Waals surface area contributed by atoms with Gasteiger partial charge in [0.05, 0.1) is 17.7 Å². The minimum absolute atomic E-state index is 0.113. The van der Waals surface area contributed by atoms with E-state index in [0.717, 1.165) is 28.7 Å². The van der Waals surface area contributed by atoms with Crippen LogP contribution in [0.1, 0.15) is 46.7 Å². The predicted molar refractivity (Wildman–Crippen MR) is 159 cm³/mol. The number of alkyl halides is 3. The second-order valence-corrected chi connectivity index (χ2v) is 12.0. The largest absolute Gasteiger partial charge is 0.431 e. The molecule has 3 amide bonds. The first kappa shape index (κ1) is 31.1. The number of ether oxygens (including phenoxy) is 1. The van der Waals surface area contributed by atoms with Crippen LogP contribution in [-0.2, 0) is 28.8 Å². The van der Waals surface area contributed by atoms with Gasteiger partial charge in [0.15, 0.2) is 5.70 Å². The summed E-state index contributed by atoms with van der Waals surface area (Å²) >= 11 is 0. The molecule has 0 aliphatic carbocycles. The Bertz CT molecular complexity index is 1650. The number of halogens is 4. The minimum Gasteiger partial charge on any atom is -0.359 e. The molecule has 3 aliphatic heterocycles. The Balaban J connectivity index is 1.59. The van der Waals surface area contributed by atoms with Gasteiger partial charge < -0.3 is 15.8 Å². The highest BCUT2D eigenvalue weighted by Crippen LogP contribution is 2.49. The first-order valence-corrected chi connectivity index (χ1v) is 15.0. The van der Waals surface area contributed by atoms with Crippen molar-refractivity contribution in [1.29, 1.82) is 0 Å². The third-order valence-corrected chi connectivity index (χ3v) is 9.37. The predicted octanol–water partition coefficient (Wildman–Crippen LogP) is 5.74. The van der Waals surface area contributed by atoms with Gasteiger partial charge in [-0.15, -0.1) is 0 Å². The van der Waals surface area contributed by atoms with Crippen molar-refractivity contribution in [1.82, 2.24) is 10.2 Å². The van der Waals surface area contributed by atoms with Gasteiger partial charge in [-0.25, -0.2) is 18.6 Å². The van der Waals surface area contributed by atoms with Crippen molar-refractivity contribution in [3.05, 3.63) is 118 Å². The Kier molecular flexibility index (Phi) is 8.15. The Labute approximate surface area is 258 Å². The molecule has 1 spiro atoms. The van der Waals surface area contributed by atoms with Gasteiger partial charge in [0.25, 0.3) is 5.91 Å². The second-order valence-electron chi connectivity index (χ2n) is 12.0. The third-order valence-electron chi connectivity index (χ3n) is 9.37. The molecule has 3 heterocycles. The van der Waals surface area contributed by atoms with E-state index in [9.17, 15) is 22.8 Å². The number of nitrogens with one attached hydrogen (secondary N) is 1. The summed E-state index contributed by atoms with van der Waals surface area (Å²) in [5.74, 6) is -1.65. The number of aryl methyl sites for hydroxylation is 1. The summed E-state index contributed by atoms with van der Waals surface area (Å²) in [6.45, 7) is 1.79. The second kappa shape index (κ2) is 11.8. The lowest BCUT2D eigenvalue weighted by molar-refractivity contribution is -0.845. The van der Waals surface area contributed by atoms with E-state index in [2.05, 4.69) is 5.32 Å². The topological polar surface area (TPSA) is 84.7 Å². The van der Waals surface area contributed by atoms with Gasteiger partial charge in [-0.1, -0.05) is 60.7 Å². The van der Waals surface area contributed by atoms with E-state index >= 15 is 4.39 Å². The summed E-state index contributed by atoms with van der Waals surface area (Å²) < 4.78 is 64.3. The van der Waals surface area contributed by atoms with E-state index < -0.39 is 57.7 Å². The molecule has 3 N–H and O–H groups in total. The number of hydrogen-bond acceptors (Lipinski definition) is 5. The van der Waals surface area contributed by atoms with E-state index in [4.69, 9.17) is 10.5 Å². The van der Waals surface area contributed by atoms with Crippen LogP contribution in [0.25, 0.3) is 0 Å². The van der Waals surface area contributed by atoms with Crippen LogP contribution in [0.15, 0.2) is 84.1 Å². The number of nitrogens with zero attached hydrogens (tertiary/aromatic N) is 2. The molecule has 0 radical (unpaired) electrons. The summed E-state index contributed by atoms with van der Waals surface area (Å²) in [4.78, 5) is 30.4. The number of carbonyl (C=O) groups excluding carboxylic acids is 2. The fourth-order valence-corrected chi connectivity index (χ4v) is 6.94. The van der Waals surface area contributed by atoms with Crippen molar-refractivity contribution in [3.8, 4) is 0 Å². The van der Waals surface area contributed by atoms with Crippen LogP contribution in [0.3, 0.4) is 0 Å². The third kappa shape index (κ3) is 5.48. The van der Waals surface area contributed by atoms with Crippen molar-refractivity contribution in [2.45, 2.75) is 50.7 Å². The lowest BCUT2D eigenvalue weighted by atomic mass is 9.82. The Hall–Kier alpha value is -3.90. The zero-order chi connectivity index (χ0) is 32.0. The Morgan fingerprint density at radius 1 is 0.978 bits per heavy atom. The summed E-state index contributed by atoms with van der Waals surface area (Å²) in [7, 11) is 0. The van der Waals surface area contributed by atoms with Crippen molar-refractivity contribution in [2.24, 2.45) is 5.73 Å². The first-order chi connectivity index (χ1) is 21.5. The standard InChI is InChI=1S/C34H35F4N4O3/c1-22-8-5-6-11-24(22)19-42(20-25-26(34(36,37)38)12-7-13-27(25)35)29-21-45-33(14-16-40-17-15-33)30(29)31(43)41(32(42)44)18-28(39)23-9-3-2-4-10-23/h2-13,28,40H,14-21,39H2,1H3/q+1/t28?,42-/m1/s1. The molecule has 0 saturated carbocycles. The number of piperidine rings is 1. The fourth-order valence-electron chi connectivity index (χ4n) is 6.94. The molecule has 11 heteroatoms. The molecule has 3 aliphatic rings. The van der Waals surface area contributed by atoms with Crippen molar-refractivity contribution in [2.75, 3.05) is 26.2 Å². The van der Waals surface area contributed by atoms with Crippen LogP contribution in [0.5, 0.6) is 0 Å². The molecule has 2 atom stereocenters. The monoisotopic (exact) mass is 623 g/mol. The van der Waals surface area contributed by atoms with Crippen LogP contribution >= 0.6 is 0 Å².